The molecule has 0 saturated heterocycles. The minimum absolute atomic E-state index is 1.52. The second-order valence-corrected chi connectivity index (χ2v) is 19.9. The fraction of sp³-hybridized carbons (Fsp3) is 1.00. The first kappa shape index (κ1) is 16.7. The zero-order valence-electron chi connectivity index (χ0n) is 10.3. The van der Waals surface area contributed by atoms with E-state index in [1.165, 1.54) is 39.3 Å². The summed E-state index contributed by atoms with van der Waals surface area (Å²) in [6.07, 6.45) is 0. The molecule has 0 aliphatic heterocycles. The van der Waals surface area contributed by atoms with Crippen molar-refractivity contribution < 1.29 is 25.9 Å². The van der Waals surface area contributed by atoms with Crippen LogP contribution in [0.15, 0.2) is 0 Å². The third kappa shape index (κ3) is 5.84. The van der Waals surface area contributed by atoms with E-state index in [1.54, 1.807) is 0 Å². The highest BCUT2D eigenvalue weighted by Gasteiger charge is 2.53. The molecule has 10 heteroatoms. The molecule has 0 N–H and O–H groups in total. The lowest BCUT2D eigenvalue weighted by Gasteiger charge is -2.25. The van der Waals surface area contributed by atoms with Crippen LogP contribution in [-0.2, 0) is 17.6 Å². The summed E-state index contributed by atoms with van der Waals surface area (Å²) >= 11 is 0. The molecule has 0 aromatic heterocycles. The van der Waals surface area contributed by atoms with E-state index in [1.807, 2.05) is 0 Å². The molecule has 0 amide bonds. The van der Waals surface area contributed by atoms with Crippen molar-refractivity contribution in [1.29, 1.82) is 0 Å². The number of hydrogen-bond donors (Lipinski definition) is 0. The molecule has 0 saturated carbocycles. The Hall–Kier alpha value is 0.674. The van der Waals surface area contributed by atoms with Crippen LogP contribution in [0.4, 0.5) is 8.39 Å². The summed E-state index contributed by atoms with van der Waals surface area (Å²) < 4.78 is 58.8. The third-order valence-electron chi connectivity index (χ3n) is 1.06. The van der Waals surface area contributed by atoms with Crippen LogP contribution in [-0.4, -0.2) is 16.6 Å². The first-order valence-corrected chi connectivity index (χ1v) is 15.2. The lowest BCUT2D eigenvalue weighted by Crippen LogP contribution is -2.25. The molecule has 2 unspecified atom stereocenters. The molecule has 0 heterocycles. The van der Waals surface area contributed by atoms with Crippen LogP contribution in [0.5, 0.6) is 0 Å². The van der Waals surface area contributed by atoms with Gasteiger partial charge in [0.25, 0.3) is 0 Å². The first-order valence-electron chi connectivity index (χ1n) is 4.68. The van der Waals surface area contributed by atoms with Gasteiger partial charge in [0.15, 0.2) is 16.6 Å². The van der Waals surface area contributed by atoms with Crippen LogP contribution < -0.4 is 0 Å². The Morgan fingerprint density at radius 1 is 0.750 bits per heavy atom. The van der Waals surface area contributed by atoms with E-state index in [2.05, 4.69) is 8.43 Å². The average molecular weight is 310 g/mol. The Morgan fingerprint density at radius 3 is 1.06 bits per heavy atom. The summed E-state index contributed by atoms with van der Waals surface area (Å²) in [5.41, 5.74) is 0. The van der Waals surface area contributed by atoms with Crippen LogP contribution >= 0.6 is 14.7 Å². The number of halogens is 2. The standard InChI is InChI=1S/C6H18F2O4P2Si2/c1-15(2,3)11-13(7,9)14(8,10)12-16(4,5)6/h1-6H3. The maximum atomic E-state index is 13.5. The second-order valence-electron chi connectivity index (χ2n) is 5.31. The zero-order chi connectivity index (χ0) is 13.4. The Labute approximate surface area is 97.0 Å². The van der Waals surface area contributed by atoms with Crippen molar-refractivity contribution in [2.75, 3.05) is 0 Å². The molecular weight excluding hydrogens is 292 g/mol. The fourth-order valence-corrected chi connectivity index (χ4v) is 13.1. The number of rotatable bonds is 5. The van der Waals surface area contributed by atoms with Crippen molar-refractivity contribution in [2.24, 2.45) is 0 Å². The van der Waals surface area contributed by atoms with Crippen LogP contribution in [0, 0.1) is 0 Å². The lowest BCUT2D eigenvalue weighted by atomic mass is 11.8. The zero-order valence-corrected chi connectivity index (χ0v) is 14.1. The van der Waals surface area contributed by atoms with E-state index < -0.39 is 31.4 Å². The normalized spacial score (nSPS) is 21.2. The lowest BCUT2D eigenvalue weighted by molar-refractivity contribution is 0.405. The molecule has 0 radical (unpaired) electrons. The molecule has 0 spiro atoms. The van der Waals surface area contributed by atoms with Gasteiger partial charge in [0, 0.05) is 0 Å². The van der Waals surface area contributed by atoms with Gasteiger partial charge >= 0.3 is 14.7 Å². The van der Waals surface area contributed by atoms with Crippen molar-refractivity contribution in [1.82, 2.24) is 0 Å². The molecular formula is C6H18F2O4P2Si2. The van der Waals surface area contributed by atoms with Crippen LogP contribution in [0.1, 0.15) is 0 Å². The van der Waals surface area contributed by atoms with Crippen LogP contribution in [0.2, 0.25) is 39.3 Å². The third-order valence-corrected chi connectivity index (χ3v) is 11.0. The fourth-order valence-electron chi connectivity index (χ4n) is 0.773. The molecule has 0 fully saturated rings. The quantitative estimate of drug-likeness (QED) is 0.533. The Kier molecular flexibility index (Phi) is 4.94. The monoisotopic (exact) mass is 310 g/mol. The van der Waals surface area contributed by atoms with Crippen molar-refractivity contribution in [3.63, 3.8) is 0 Å². The van der Waals surface area contributed by atoms with Gasteiger partial charge in [-0.15, -0.1) is 8.39 Å². The van der Waals surface area contributed by atoms with Gasteiger partial charge in [-0.1, -0.05) is 0 Å². The van der Waals surface area contributed by atoms with Crippen molar-refractivity contribution in [2.45, 2.75) is 39.3 Å². The van der Waals surface area contributed by atoms with E-state index in [4.69, 9.17) is 0 Å². The molecule has 16 heavy (non-hydrogen) atoms. The van der Waals surface area contributed by atoms with Crippen molar-refractivity contribution >= 4 is 31.4 Å². The molecule has 2 atom stereocenters. The van der Waals surface area contributed by atoms with E-state index >= 15 is 0 Å². The molecule has 0 aromatic rings. The largest absolute Gasteiger partial charge is 0.470 e. The van der Waals surface area contributed by atoms with Crippen molar-refractivity contribution in [3.05, 3.63) is 0 Å². The minimum atomic E-state index is -5.35. The minimum Gasteiger partial charge on any atom is -0.340 e. The Balaban J connectivity index is 5.02. The van der Waals surface area contributed by atoms with Crippen LogP contribution in [0.25, 0.3) is 0 Å². The maximum absolute atomic E-state index is 13.5. The topological polar surface area (TPSA) is 52.6 Å². The summed E-state index contributed by atoms with van der Waals surface area (Å²) in [7, 11) is -15.9. The molecule has 0 aromatic carbocycles. The number of hydrogen-bond acceptors (Lipinski definition) is 4. The summed E-state index contributed by atoms with van der Waals surface area (Å²) in [6, 6.07) is 0. The summed E-state index contributed by atoms with van der Waals surface area (Å²) in [5, 5.41) is 0. The van der Waals surface area contributed by atoms with E-state index in [0.29, 0.717) is 0 Å². The van der Waals surface area contributed by atoms with Gasteiger partial charge in [0.1, 0.15) is 0 Å². The molecule has 98 valence electrons. The van der Waals surface area contributed by atoms with Crippen molar-refractivity contribution in [3.8, 4) is 0 Å². The van der Waals surface area contributed by atoms with Gasteiger partial charge in [-0.2, -0.15) is 0 Å². The van der Waals surface area contributed by atoms with E-state index in [0.717, 1.165) is 0 Å². The molecule has 0 aliphatic carbocycles. The predicted molar refractivity (Wildman–Crippen MR) is 66.3 cm³/mol. The van der Waals surface area contributed by atoms with Gasteiger partial charge < -0.3 is 8.43 Å². The average Bonchev–Trinajstić information content (AvgIpc) is 1.72. The Morgan fingerprint density at radius 2 is 0.938 bits per heavy atom. The summed E-state index contributed by atoms with van der Waals surface area (Å²) in [6.45, 7) is 9.13. The van der Waals surface area contributed by atoms with Gasteiger partial charge in [-0.3, -0.25) is 0 Å². The summed E-state index contributed by atoms with van der Waals surface area (Å²) in [4.78, 5) is 0. The highest BCUT2D eigenvalue weighted by molar-refractivity contribution is 8.28. The van der Waals surface area contributed by atoms with E-state index in [9.17, 15) is 17.5 Å². The molecule has 4 nitrogen and oxygen atoms in total. The van der Waals surface area contributed by atoms with Gasteiger partial charge in [-0.05, 0) is 39.3 Å². The maximum Gasteiger partial charge on any atom is 0.470 e. The summed E-state index contributed by atoms with van der Waals surface area (Å²) in [5.74, 6) is 0. The van der Waals surface area contributed by atoms with Gasteiger partial charge in [-0.25, -0.2) is 9.13 Å². The van der Waals surface area contributed by atoms with Gasteiger partial charge in [0.05, 0.1) is 0 Å². The smallest absolute Gasteiger partial charge is 0.340 e. The predicted octanol–water partition coefficient (Wildman–Crippen LogP) is 4.93. The first-order chi connectivity index (χ1) is 6.66. The molecule has 0 bridgehead atoms. The Bertz CT molecular complexity index is 315. The molecule has 0 rings (SSSR count). The van der Waals surface area contributed by atoms with E-state index in [-0.39, 0.29) is 0 Å². The van der Waals surface area contributed by atoms with Gasteiger partial charge in [0.2, 0.25) is 0 Å². The highest BCUT2D eigenvalue weighted by Crippen LogP contribution is 2.86. The highest BCUT2D eigenvalue weighted by atomic mass is 32.1. The second kappa shape index (κ2) is 4.74. The van der Waals surface area contributed by atoms with Crippen LogP contribution in [0.3, 0.4) is 0 Å². The molecule has 0 aliphatic rings. The SMILES string of the molecule is C[Si](C)(C)OP(=O)(F)P(=O)(F)O[Si](C)(C)C.